The van der Waals surface area contributed by atoms with Gasteiger partial charge in [-0.3, -0.25) is 0 Å². The lowest BCUT2D eigenvalue weighted by atomic mass is 10.2. The molecule has 2 N–H and O–H groups in total. The van der Waals surface area contributed by atoms with Crippen LogP contribution < -0.4 is 10.5 Å². The van der Waals surface area contributed by atoms with Gasteiger partial charge in [0, 0.05) is 0 Å². The van der Waals surface area contributed by atoms with E-state index in [1.165, 1.54) is 24.1 Å². The van der Waals surface area contributed by atoms with E-state index >= 15 is 0 Å². The van der Waals surface area contributed by atoms with Gasteiger partial charge in [-0.2, -0.15) is 5.10 Å². The third-order valence-corrected chi connectivity index (χ3v) is 3.19. The second kappa shape index (κ2) is 5.55. The molecule has 0 radical (unpaired) electrons. The predicted octanol–water partition coefficient (Wildman–Crippen LogP) is 2.41. The third-order valence-electron chi connectivity index (χ3n) is 2.39. The van der Waals surface area contributed by atoms with Crippen molar-refractivity contribution in [3.8, 4) is 5.75 Å². The quantitative estimate of drug-likeness (QED) is 0.663. The predicted molar refractivity (Wildman–Crippen MR) is 80.0 cm³/mol. The summed E-state index contributed by atoms with van der Waals surface area (Å²) in [4.78, 5) is 4.02. The summed E-state index contributed by atoms with van der Waals surface area (Å²) in [5, 5.41) is 4.13. The molecule has 100 valence electrons. The fourth-order valence-corrected chi connectivity index (χ4v) is 2.41. The van der Waals surface area contributed by atoms with Crippen LogP contribution in [0.3, 0.4) is 0 Å². The van der Waals surface area contributed by atoms with Gasteiger partial charge >= 0.3 is 0 Å². The van der Waals surface area contributed by atoms with Gasteiger partial charge in [0.1, 0.15) is 0 Å². The Labute approximate surface area is 123 Å². The van der Waals surface area contributed by atoms with Crippen LogP contribution in [0.2, 0.25) is 0 Å². The molecule has 0 atom stereocenters. The number of nitrogen functional groups attached to an aromatic ring is 1. The lowest BCUT2D eigenvalue weighted by Gasteiger charge is -2.05. The average molecular weight is 374 g/mol. The van der Waals surface area contributed by atoms with Gasteiger partial charge in [0.25, 0.3) is 0 Å². The molecule has 0 spiro atoms. The number of rotatable bonds is 3. The Balaban J connectivity index is 2.31. The van der Waals surface area contributed by atoms with Crippen LogP contribution in [-0.2, 0) is 0 Å². The Morgan fingerprint density at radius 3 is 2.79 bits per heavy atom. The third kappa shape index (κ3) is 3.03. The van der Waals surface area contributed by atoms with Gasteiger partial charge in [-0.05, 0) is 47.2 Å². The van der Waals surface area contributed by atoms with Crippen molar-refractivity contribution in [3.63, 3.8) is 0 Å². The molecule has 7 heteroatoms. The van der Waals surface area contributed by atoms with Crippen molar-refractivity contribution >= 4 is 34.8 Å². The zero-order valence-corrected chi connectivity index (χ0v) is 12.6. The highest BCUT2D eigenvalue weighted by molar-refractivity contribution is 14.1. The number of hydrogen-bond donors (Lipinski definition) is 1. The topological polar surface area (TPSA) is 65.4 Å². The number of nitrogens with two attached hydrogens (primary N) is 1. The summed E-state index contributed by atoms with van der Waals surface area (Å²) in [6.45, 7) is 1.82. The van der Waals surface area contributed by atoms with Crippen LogP contribution in [0.1, 0.15) is 11.3 Å². The van der Waals surface area contributed by atoms with Crippen LogP contribution in [-0.4, -0.2) is 23.0 Å². The van der Waals surface area contributed by atoms with Gasteiger partial charge in [0.05, 0.1) is 28.8 Å². The minimum Gasteiger partial charge on any atom is -0.493 e. The van der Waals surface area contributed by atoms with Gasteiger partial charge in [-0.25, -0.2) is 14.1 Å². The Bertz CT molecular complexity index is 616. The molecule has 0 fully saturated rings. The molecule has 0 saturated carbocycles. The standard InChI is InChI=1S/C12H12FIN4O/c1-7-6-18(12(15)17-7)16-5-8-3-9(13)11(19-2)10(14)4-8/h3-6H,1-2H3,(H2,15,17). The summed E-state index contributed by atoms with van der Waals surface area (Å²) < 4.78 is 20.8. The molecule has 0 unspecified atom stereocenters. The van der Waals surface area contributed by atoms with E-state index in [4.69, 9.17) is 10.5 Å². The van der Waals surface area contributed by atoms with Crippen molar-refractivity contribution in [3.05, 3.63) is 39.0 Å². The highest BCUT2D eigenvalue weighted by Gasteiger charge is 2.08. The van der Waals surface area contributed by atoms with E-state index in [1.807, 2.05) is 29.5 Å². The first-order valence-electron chi connectivity index (χ1n) is 5.40. The minimum atomic E-state index is -0.425. The van der Waals surface area contributed by atoms with E-state index in [2.05, 4.69) is 10.1 Å². The molecule has 1 aromatic carbocycles. The van der Waals surface area contributed by atoms with Crippen LogP contribution >= 0.6 is 22.6 Å². The number of hydrogen-bond acceptors (Lipinski definition) is 4. The largest absolute Gasteiger partial charge is 0.493 e. The number of anilines is 1. The molecular weight excluding hydrogens is 362 g/mol. The second-order valence-electron chi connectivity index (χ2n) is 3.85. The maximum absolute atomic E-state index is 13.7. The average Bonchev–Trinajstić information content (AvgIpc) is 2.65. The molecule has 0 bridgehead atoms. The zero-order chi connectivity index (χ0) is 14.0. The van der Waals surface area contributed by atoms with E-state index < -0.39 is 5.82 Å². The summed E-state index contributed by atoms with van der Waals surface area (Å²) in [5.74, 6) is 0.0961. The fraction of sp³-hybridized carbons (Fsp3) is 0.167. The van der Waals surface area contributed by atoms with E-state index in [1.54, 1.807) is 12.3 Å². The Kier molecular flexibility index (Phi) is 4.03. The minimum absolute atomic E-state index is 0.232. The Morgan fingerprint density at radius 2 is 2.26 bits per heavy atom. The van der Waals surface area contributed by atoms with E-state index in [0.717, 1.165) is 5.69 Å². The van der Waals surface area contributed by atoms with Gasteiger partial charge in [-0.15, -0.1) is 0 Å². The Hall–Kier alpha value is -1.64. The van der Waals surface area contributed by atoms with Crippen LogP contribution in [0.15, 0.2) is 23.4 Å². The van der Waals surface area contributed by atoms with Gasteiger partial charge in [0.15, 0.2) is 11.6 Å². The smallest absolute Gasteiger partial charge is 0.221 e. The van der Waals surface area contributed by atoms with Crippen molar-refractivity contribution in [2.24, 2.45) is 5.10 Å². The highest BCUT2D eigenvalue weighted by atomic mass is 127. The summed E-state index contributed by atoms with van der Waals surface area (Å²) in [7, 11) is 1.43. The van der Waals surface area contributed by atoms with E-state index in [0.29, 0.717) is 9.13 Å². The number of ether oxygens (including phenoxy) is 1. The number of aryl methyl sites for hydroxylation is 1. The molecule has 5 nitrogen and oxygen atoms in total. The first-order valence-corrected chi connectivity index (χ1v) is 6.48. The second-order valence-corrected chi connectivity index (χ2v) is 5.01. The number of aromatic nitrogens is 2. The summed E-state index contributed by atoms with van der Waals surface area (Å²) in [6, 6.07) is 3.12. The first kappa shape index (κ1) is 13.8. The molecule has 2 rings (SSSR count). The normalized spacial score (nSPS) is 11.2. The number of nitrogens with zero attached hydrogens (tertiary/aromatic N) is 3. The number of halogens is 2. The van der Waals surface area contributed by atoms with E-state index in [9.17, 15) is 4.39 Å². The van der Waals surface area contributed by atoms with Gasteiger partial charge < -0.3 is 10.5 Å². The molecule has 0 amide bonds. The van der Waals surface area contributed by atoms with Gasteiger partial charge in [0.2, 0.25) is 5.95 Å². The SMILES string of the molecule is COc1c(F)cc(C=Nn2cc(C)nc2N)cc1I. The lowest BCUT2D eigenvalue weighted by molar-refractivity contribution is 0.383. The monoisotopic (exact) mass is 374 g/mol. The maximum atomic E-state index is 13.7. The van der Waals surface area contributed by atoms with Crippen LogP contribution in [0.25, 0.3) is 0 Å². The molecule has 1 heterocycles. The maximum Gasteiger partial charge on any atom is 0.221 e. The summed E-state index contributed by atoms with van der Waals surface area (Å²) >= 11 is 2.01. The van der Waals surface area contributed by atoms with Crippen molar-refractivity contribution in [2.45, 2.75) is 6.92 Å². The van der Waals surface area contributed by atoms with E-state index in [-0.39, 0.29) is 11.7 Å². The first-order chi connectivity index (χ1) is 9.01. The number of methoxy groups -OCH3 is 1. The van der Waals surface area contributed by atoms with Crippen molar-refractivity contribution in [1.82, 2.24) is 9.66 Å². The van der Waals surface area contributed by atoms with Crippen LogP contribution in [0, 0.1) is 16.3 Å². The van der Waals surface area contributed by atoms with Crippen LogP contribution in [0.5, 0.6) is 5.75 Å². The number of benzene rings is 1. The molecular formula is C12H12FIN4O. The lowest BCUT2D eigenvalue weighted by Crippen LogP contribution is -1.98. The molecule has 0 saturated heterocycles. The number of imidazole rings is 1. The van der Waals surface area contributed by atoms with Crippen molar-refractivity contribution in [2.75, 3.05) is 12.8 Å². The van der Waals surface area contributed by atoms with Crippen molar-refractivity contribution in [1.29, 1.82) is 0 Å². The highest BCUT2D eigenvalue weighted by Crippen LogP contribution is 2.25. The molecule has 1 aromatic heterocycles. The molecule has 0 aliphatic heterocycles. The molecule has 19 heavy (non-hydrogen) atoms. The van der Waals surface area contributed by atoms with Crippen molar-refractivity contribution < 1.29 is 9.13 Å². The molecule has 2 aromatic rings. The molecule has 0 aliphatic rings. The fourth-order valence-electron chi connectivity index (χ4n) is 1.57. The Morgan fingerprint density at radius 1 is 1.53 bits per heavy atom. The van der Waals surface area contributed by atoms with Crippen LogP contribution in [0.4, 0.5) is 10.3 Å². The summed E-state index contributed by atoms with van der Waals surface area (Å²) in [6.07, 6.45) is 3.21. The van der Waals surface area contributed by atoms with Gasteiger partial charge in [-0.1, -0.05) is 0 Å². The zero-order valence-electron chi connectivity index (χ0n) is 10.4. The summed E-state index contributed by atoms with van der Waals surface area (Å²) in [5.41, 5.74) is 7.04. The molecule has 0 aliphatic carbocycles.